The summed E-state index contributed by atoms with van der Waals surface area (Å²) in [6.07, 6.45) is 0.852. The number of hydrogen-bond acceptors (Lipinski definition) is 4. The molecule has 0 aliphatic carbocycles. The summed E-state index contributed by atoms with van der Waals surface area (Å²) in [5.41, 5.74) is 1.28. The van der Waals surface area contributed by atoms with Gasteiger partial charge in [-0.25, -0.2) is 0 Å². The second kappa shape index (κ2) is 6.89. The Balaban J connectivity index is 1.95. The molecule has 0 saturated carbocycles. The van der Waals surface area contributed by atoms with Crippen LogP contribution in [0.5, 0.6) is 5.75 Å². The van der Waals surface area contributed by atoms with E-state index in [1.807, 2.05) is 12.1 Å². The summed E-state index contributed by atoms with van der Waals surface area (Å²) in [4.78, 5) is 4.80. The van der Waals surface area contributed by atoms with Crippen molar-refractivity contribution in [2.75, 3.05) is 40.4 Å². The lowest BCUT2D eigenvalue weighted by Gasteiger charge is -2.39. The molecule has 4 heteroatoms. The van der Waals surface area contributed by atoms with Gasteiger partial charge < -0.3 is 14.7 Å². The molecule has 1 aromatic rings. The van der Waals surface area contributed by atoms with E-state index in [2.05, 4.69) is 29.0 Å². The first-order valence-corrected chi connectivity index (χ1v) is 6.89. The number of aliphatic hydroxyl groups excluding tert-OH is 1. The van der Waals surface area contributed by atoms with Crippen molar-refractivity contribution in [2.24, 2.45) is 0 Å². The number of ether oxygens (including phenoxy) is 1. The molecule has 1 N–H and O–H groups in total. The number of rotatable bonds is 5. The summed E-state index contributed by atoms with van der Waals surface area (Å²) in [5, 5.41) is 9.12. The fourth-order valence-electron chi connectivity index (χ4n) is 2.64. The lowest BCUT2D eigenvalue weighted by molar-refractivity contribution is 0.0743. The Hall–Kier alpha value is -1.10. The Morgan fingerprint density at radius 1 is 1.37 bits per heavy atom. The van der Waals surface area contributed by atoms with Gasteiger partial charge in [0.15, 0.2) is 0 Å². The smallest absolute Gasteiger partial charge is 0.119 e. The van der Waals surface area contributed by atoms with E-state index in [1.54, 1.807) is 7.11 Å². The fourth-order valence-corrected chi connectivity index (χ4v) is 2.64. The summed E-state index contributed by atoms with van der Waals surface area (Å²) < 4.78 is 5.26. The van der Waals surface area contributed by atoms with Gasteiger partial charge in [0.05, 0.1) is 7.11 Å². The minimum absolute atomic E-state index is 0.266. The minimum atomic E-state index is 0.266. The number of nitrogens with zero attached hydrogens (tertiary/aromatic N) is 2. The molecular weight excluding hydrogens is 240 g/mol. The average Bonchev–Trinajstić information content (AvgIpc) is 2.43. The van der Waals surface area contributed by atoms with Gasteiger partial charge >= 0.3 is 0 Å². The molecule has 0 radical (unpaired) electrons. The number of piperazine rings is 1. The highest BCUT2D eigenvalue weighted by Gasteiger charge is 2.23. The number of hydrogen-bond donors (Lipinski definition) is 1. The second-order valence-electron chi connectivity index (χ2n) is 5.23. The van der Waals surface area contributed by atoms with Crippen molar-refractivity contribution >= 4 is 0 Å². The molecule has 2 rings (SSSR count). The highest BCUT2D eigenvalue weighted by Crippen LogP contribution is 2.17. The van der Waals surface area contributed by atoms with Crippen LogP contribution in [0.1, 0.15) is 12.0 Å². The first-order valence-electron chi connectivity index (χ1n) is 6.89. The molecule has 106 valence electrons. The second-order valence-corrected chi connectivity index (χ2v) is 5.23. The zero-order valence-corrected chi connectivity index (χ0v) is 11.9. The number of aliphatic hydroxyl groups is 1. The normalized spacial score (nSPS) is 21.5. The average molecular weight is 264 g/mol. The van der Waals surface area contributed by atoms with Crippen molar-refractivity contribution in [2.45, 2.75) is 19.0 Å². The number of benzene rings is 1. The maximum absolute atomic E-state index is 9.12. The Morgan fingerprint density at radius 3 is 2.95 bits per heavy atom. The summed E-state index contributed by atoms with van der Waals surface area (Å²) in [6, 6.07) is 8.71. The van der Waals surface area contributed by atoms with Crippen molar-refractivity contribution in [3.05, 3.63) is 29.8 Å². The van der Waals surface area contributed by atoms with Crippen molar-refractivity contribution in [3.8, 4) is 5.75 Å². The Kier molecular flexibility index (Phi) is 5.19. The highest BCUT2D eigenvalue weighted by atomic mass is 16.5. The van der Waals surface area contributed by atoms with E-state index in [0.29, 0.717) is 6.04 Å². The van der Waals surface area contributed by atoms with E-state index in [1.165, 1.54) is 5.56 Å². The lowest BCUT2D eigenvalue weighted by atomic mass is 10.1. The molecular formula is C15H24N2O2. The van der Waals surface area contributed by atoms with Crippen LogP contribution in [0, 0.1) is 0 Å². The van der Waals surface area contributed by atoms with Gasteiger partial charge in [-0.15, -0.1) is 0 Å². The Bertz CT molecular complexity index is 397. The number of methoxy groups -OCH3 is 1. The molecule has 1 aliphatic heterocycles. The zero-order chi connectivity index (χ0) is 13.7. The van der Waals surface area contributed by atoms with Crippen molar-refractivity contribution < 1.29 is 9.84 Å². The zero-order valence-electron chi connectivity index (χ0n) is 11.9. The Morgan fingerprint density at radius 2 is 2.21 bits per heavy atom. The molecule has 0 amide bonds. The van der Waals surface area contributed by atoms with E-state index < -0.39 is 0 Å². The van der Waals surface area contributed by atoms with Gasteiger partial charge in [-0.05, 0) is 31.2 Å². The molecule has 1 aliphatic rings. The topological polar surface area (TPSA) is 35.9 Å². The summed E-state index contributed by atoms with van der Waals surface area (Å²) in [5.74, 6) is 0.915. The number of likely N-dealkylation sites (N-methyl/N-ethyl adjacent to an activating group) is 1. The first kappa shape index (κ1) is 14.3. The van der Waals surface area contributed by atoms with E-state index in [-0.39, 0.29) is 6.61 Å². The van der Waals surface area contributed by atoms with Crippen LogP contribution in [0.3, 0.4) is 0 Å². The molecule has 0 spiro atoms. The predicted molar refractivity (Wildman–Crippen MR) is 76.4 cm³/mol. The van der Waals surface area contributed by atoms with Gasteiger partial charge in [0.25, 0.3) is 0 Å². The van der Waals surface area contributed by atoms with Crippen molar-refractivity contribution in [3.63, 3.8) is 0 Å². The van der Waals surface area contributed by atoms with Gasteiger partial charge in [-0.3, -0.25) is 4.90 Å². The molecule has 4 nitrogen and oxygen atoms in total. The maximum Gasteiger partial charge on any atom is 0.119 e. The molecule has 19 heavy (non-hydrogen) atoms. The van der Waals surface area contributed by atoms with Gasteiger partial charge in [0.1, 0.15) is 5.75 Å². The van der Waals surface area contributed by atoms with Crippen LogP contribution in [0.25, 0.3) is 0 Å². The van der Waals surface area contributed by atoms with Crippen LogP contribution in [0.2, 0.25) is 0 Å². The molecule has 1 unspecified atom stereocenters. The monoisotopic (exact) mass is 264 g/mol. The van der Waals surface area contributed by atoms with E-state index in [0.717, 1.165) is 38.3 Å². The van der Waals surface area contributed by atoms with Crippen LogP contribution in [0.15, 0.2) is 24.3 Å². The molecule has 0 bridgehead atoms. The molecule has 1 fully saturated rings. The van der Waals surface area contributed by atoms with Crippen molar-refractivity contribution in [1.29, 1.82) is 0 Å². The summed E-state index contributed by atoms with van der Waals surface area (Å²) >= 11 is 0. The largest absolute Gasteiger partial charge is 0.497 e. The Labute approximate surface area is 115 Å². The minimum Gasteiger partial charge on any atom is -0.497 e. The standard InChI is InChI=1S/C15H24N2O2/c1-16-7-8-17(12-14(16)6-9-18)11-13-4-3-5-15(10-13)19-2/h3-5,10,14,18H,6-9,11-12H2,1-2H3. The predicted octanol–water partition coefficient (Wildman–Crippen LogP) is 1.19. The van der Waals surface area contributed by atoms with E-state index in [4.69, 9.17) is 9.84 Å². The molecule has 0 aromatic heterocycles. The highest BCUT2D eigenvalue weighted by molar-refractivity contribution is 5.28. The van der Waals surface area contributed by atoms with E-state index >= 15 is 0 Å². The SMILES string of the molecule is COc1cccc(CN2CCN(C)C(CCO)C2)c1. The van der Waals surface area contributed by atoms with Gasteiger partial charge in [-0.1, -0.05) is 12.1 Å². The van der Waals surface area contributed by atoms with Crippen LogP contribution in [-0.2, 0) is 6.54 Å². The van der Waals surface area contributed by atoms with Crippen LogP contribution < -0.4 is 4.74 Å². The third-order valence-corrected chi connectivity index (χ3v) is 3.86. The van der Waals surface area contributed by atoms with Crippen LogP contribution in [0.4, 0.5) is 0 Å². The maximum atomic E-state index is 9.12. The third-order valence-electron chi connectivity index (χ3n) is 3.86. The molecule has 1 aromatic carbocycles. The van der Waals surface area contributed by atoms with Crippen LogP contribution in [-0.4, -0.2) is 61.3 Å². The molecule has 1 atom stereocenters. The molecule has 1 heterocycles. The van der Waals surface area contributed by atoms with Gasteiger partial charge in [-0.2, -0.15) is 0 Å². The van der Waals surface area contributed by atoms with Gasteiger partial charge in [0, 0.05) is 38.8 Å². The van der Waals surface area contributed by atoms with Crippen molar-refractivity contribution in [1.82, 2.24) is 9.80 Å². The summed E-state index contributed by atoms with van der Waals surface area (Å²) in [7, 11) is 3.84. The van der Waals surface area contributed by atoms with Crippen LogP contribution >= 0.6 is 0 Å². The van der Waals surface area contributed by atoms with Gasteiger partial charge in [0.2, 0.25) is 0 Å². The third kappa shape index (κ3) is 3.93. The fraction of sp³-hybridized carbons (Fsp3) is 0.600. The summed E-state index contributed by atoms with van der Waals surface area (Å²) in [6.45, 7) is 4.38. The lowest BCUT2D eigenvalue weighted by Crippen LogP contribution is -2.51. The molecule has 1 saturated heterocycles. The van der Waals surface area contributed by atoms with E-state index in [9.17, 15) is 0 Å². The quantitative estimate of drug-likeness (QED) is 0.867. The first-order chi connectivity index (χ1) is 9.22.